The van der Waals surface area contributed by atoms with Crippen LogP contribution in [0, 0.1) is 6.92 Å². The molecule has 0 radical (unpaired) electrons. The van der Waals surface area contributed by atoms with Crippen LogP contribution in [0.4, 0.5) is 10.5 Å². The summed E-state index contributed by atoms with van der Waals surface area (Å²) in [5.41, 5.74) is 1.95. The first-order valence-corrected chi connectivity index (χ1v) is 10.5. The summed E-state index contributed by atoms with van der Waals surface area (Å²) >= 11 is 0. The summed E-state index contributed by atoms with van der Waals surface area (Å²) in [7, 11) is -0.701. The maximum absolute atomic E-state index is 12.4. The minimum Gasteiger partial charge on any atom is -0.338 e. The minimum absolute atomic E-state index is 0.0579. The van der Waals surface area contributed by atoms with Gasteiger partial charge in [0, 0.05) is 39.3 Å². The molecular formula is C20H26N4O4S. The molecule has 9 heteroatoms. The van der Waals surface area contributed by atoms with Crippen molar-refractivity contribution < 1.29 is 18.0 Å². The van der Waals surface area contributed by atoms with Crippen LogP contribution < -0.4 is 16.0 Å². The molecule has 29 heavy (non-hydrogen) atoms. The van der Waals surface area contributed by atoms with Crippen molar-refractivity contribution in [2.75, 3.05) is 26.0 Å². The number of rotatable bonds is 8. The largest absolute Gasteiger partial charge is 0.338 e. The Morgan fingerprint density at radius 2 is 1.69 bits per heavy atom. The van der Waals surface area contributed by atoms with Crippen LogP contribution >= 0.6 is 0 Å². The zero-order chi connectivity index (χ0) is 21.4. The van der Waals surface area contributed by atoms with Crippen LogP contribution in [0.2, 0.25) is 0 Å². The van der Waals surface area contributed by atoms with Crippen LogP contribution in [0.1, 0.15) is 17.5 Å². The molecule has 0 saturated carbocycles. The Balaban J connectivity index is 1.83. The minimum atomic E-state index is -3.61. The van der Waals surface area contributed by atoms with Crippen molar-refractivity contribution in [2.45, 2.75) is 24.8 Å². The van der Waals surface area contributed by atoms with E-state index in [1.54, 1.807) is 19.1 Å². The zero-order valence-corrected chi connectivity index (χ0v) is 17.5. The van der Waals surface area contributed by atoms with Gasteiger partial charge in [-0.1, -0.05) is 36.4 Å². The van der Waals surface area contributed by atoms with Gasteiger partial charge in [0.25, 0.3) is 0 Å². The Hall–Kier alpha value is -2.91. The second-order valence-electron chi connectivity index (χ2n) is 6.66. The van der Waals surface area contributed by atoms with Crippen molar-refractivity contribution in [3.05, 3.63) is 59.7 Å². The van der Waals surface area contributed by atoms with Gasteiger partial charge in [0.15, 0.2) is 0 Å². The molecule has 0 aliphatic rings. The lowest BCUT2D eigenvalue weighted by atomic mass is 10.2. The summed E-state index contributed by atoms with van der Waals surface area (Å²) < 4.78 is 25.8. The molecule has 0 saturated heterocycles. The molecule has 0 aromatic heterocycles. The molecular weight excluding hydrogens is 392 g/mol. The maximum atomic E-state index is 12.4. The highest BCUT2D eigenvalue weighted by atomic mass is 32.2. The highest BCUT2D eigenvalue weighted by Crippen LogP contribution is 2.22. The van der Waals surface area contributed by atoms with Gasteiger partial charge in [0.1, 0.15) is 0 Å². The maximum Gasteiger partial charge on any atom is 0.315 e. The Morgan fingerprint density at radius 3 is 2.34 bits per heavy atom. The van der Waals surface area contributed by atoms with Gasteiger partial charge < -0.3 is 16.0 Å². The van der Waals surface area contributed by atoms with E-state index < -0.39 is 10.0 Å². The van der Waals surface area contributed by atoms with Crippen molar-refractivity contribution >= 4 is 27.6 Å². The van der Waals surface area contributed by atoms with Crippen molar-refractivity contribution in [1.29, 1.82) is 0 Å². The van der Waals surface area contributed by atoms with Gasteiger partial charge in [-0.25, -0.2) is 17.5 Å². The fourth-order valence-corrected chi connectivity index (χ4v) is 3.65. The molecule has 8 nitrogen and oxygen atoms in total. The predicted octanol–water partition coefficient (Wildman–Crippen LogP) is 2.07. The molecule has 0 atom stereocenters. The van der Waals surface area contributed by atoms with Crippen LogP contribution in [0.3, 0.4) is 0 Å². The van der Waals surface area contributed by atoms with E-state index >= 15 is 0 Å². The molecule has 3 N–H and O–H groups in total. The van der Waals surface area contributed by atoms with Gasteiger partial charge in [-0.2, -0.15) is 0 Å². The third-order valence-corrected chi connectivity index (χ3v) is 6.12. The van der Waals surface area contributed by atoms with Crippen molar-refractivity contribution in [1.82, 2.24) is 14.9 Å². The lowest BCUT2D eigenvalue weighted by molar-refractivity contribution is -0.116. The first kappa shape index (κ1) is 22.4. The number of hydrogen-bond acceptors (Lipinski definition) is 4. The first-order valence-electron chi connectivity index (χ1n) is 9.09. The second-order valence-corrected chi connectivity index (χ2v) is 8.78. The number of carbonyl (C=O) groups is 2. The summed E-state index contributed by atoms with van der Waals surface area (Å²) in [4.78, 5) is 24.0. The number of anilines is 1. The molecule has 0 heterocycles. The highest BCUT2D eigenvalue weighted by Gasteiger charge is 2.20. The van der Waals surface area contributed by atoms with Gasteiger partial charge in [0.2, 0.25) is 15.9 Å². The third kappa shape index (κ3) is 6.58. The quantitative estimate of drug-likeness (QED) is 0.610. The van der Waals surface area contributed by atoms with Gasteiger partial charge in [-0.15, -0.1) is 0 Å². The number of urea groups is 1. The molecule has 2 rings (SSSR count). The molecule has 2 aromatic rings. The second kappa shape index (κ2) is 10.0. The first-order chi connectivity index (χ1) is 13.7. The Kier molecular flexibility index (Phi) is 7.74. The third-order valence-electron chi connectivity index (χ3n) is 4.16. The van der Waals surface area contributed by atoms with E-state index in [1.807, 2.05) is 30.3 Å². The van der Waals surface area contributed by atoms with Crippen molar-refractivity contribution in [3.63, 3.8) is 0 Å². The van der Waals surface area contributed by atoms with Gasteiger partial charge >= 0.3 is 6.03 Å². The lowest BCUT2D eigenvalue weighted by Crippen LogP contribution is -2.36. The number of benzene rings is 2. The van der Waals surface area contributed by atoms with Crippen LogP contribution in [0.5, 0.6) is 0 Å². The summed E-state index contributed by atoms with van der Waals surface area (Å²) in [6.07, 6.45) is 0.0579. The molecule has 0 bridgehead atoms. The number of hydrogen-bond donors (Lipinski definition) is 3. The van der Waals surface area contributed by atoms with Gasteiger partial charge in [-0.3, -0.25) is 4.79 Å². The normalized spacial score (nSPS) is 11.2. The van der Waals surface area contributed by atoms with Crippen LogP contribution in [-0.4, -0.2) is 45.3 Å². The monoisotopic (exact) mass is 418 g/mol. The van der Waals surface area contributed by atoms with Gasteiger partial charge in [-0.05, 0) is 30.2 Å². The van der Waals surface area contributed by atoms with Crippen LogP contribution in [-0.2, 0) is 21.4 Å². The van der Waals surface area contributed by atoms with E-state index in [4.69, 9.17) is 0 Å². The van der Waals surface area contributed by atoms with Crippen LogP contribution in [0.15, 0.2) is 53.4 Å². The highest BCUT2D eigenvalue weighted by molar-refractivity contribution is 7.89. The Bertz CT molecular complexity index is 960. The Morgan fingerprint density at radius 1 is 1.00 bits per heavy atom. The molecule has 156 valence electrons. The number of amides is 3. The SMILES string of the molecule is Cc1ccc(NC(=O)CCNC(=O)NCc2ccccc2)cc1S(=O)(=O)N(C)C. The number of aryl methyl sites for hydroxylation is 1. The molecule has 0 aliphatic carbocycles. The summed E-state index contributed by atoms with van der Waals surface area (Å²) in [6, 6.07) is 13.8. The van der Waals surface area contributed by atoms with E-state index in [9.17, 15) is 18.0 Å². The average molecular weight is 419 g/mol. The Labute approximate surface area is 171 Å². The molecule has 3 amide bonds. The zero-order valence-electron chi connectivity index (χ0n) is 16.7. The summed E-state index contributed by atoms with van der Waals surface area (Å²) in [5.74, 6) is -0.328. The van der Waals surface area contributed by atoms with Crippen molar-refractivity contribution in [3.8, 4) is 0 Å². The number of nitrogens with one attached hydrogen (secondary N) is 3. The molecule has 0 fully saturated rings. The molecule has 2 aromatic carbocycles. The van der Waals surface area contributed by atoms with Crippen LogP contribution in [0.25, 0.3) is 0 Å². The number of carbonyl (C=O) groups excluding carboxylic acids is 2. The topological polar surface area (TPSA) is 108 Å². The summed E-state index contributed by atoms with van der Waals surface area (Å²) in [5, 5.41) is 7.98. The van der Waals surface area contributed by atoms with Crippen molar-refractivity contribution in [2.24, 2.45) is 0 Å². The fourth-order valence-electron chi connectivity index (χ4n) is 2.51. The fraction of sp³-hybridized carbons (Fsp3) is 0.300. The van der Waals surface area contributed by atoms with E-state index in [1.165, 1.54) is 20.2 Å². The average Bonchev–Trinajstić information content (AvgIpc) is 2.68. The van der Waals surface area contributed by atoms with E-state index in [0.29, 0.717) is 17.8 Å². The summed E-state index contributed by atoms with van der Waals surface area (Å²) in [6.45, 7) is 2.24. The molecule has 0 aliphatic heterocycles. The number of sulfonamides is 1. The van der Waals surface area contributed by atoms with E-state index in [-0.39, 0.29) is 29.8 Å². The molecule has 0 unspecified atom stereocenters. The predicted molar refractivity (Wildman–Crippen MR) is 112 cm³/mol. The van der Waals surface area contributed by atoms with E-state index in [0.717, 1.165) is 9.87 Å². The smallest absolute Gasteiger partial charge is 0.315 e. The standard InChI is InChI=1S/C20H26N4O4S/c1-15-9-10-17(13-18(15)29(27,28)24(2)3)23-19(25)11-12-21-20(26)22-14-16-7-5-4-6-8-16/h4-10,13H,11-12,14H2,1-3H3,(H,23,25)(H2,21,22,26). The number of nitrogens with zero attached hydrogens (tertiary/aromatic N) is 1. The lowest BCUT2D eigenvalue weighted by Gasteiger charge is -2.15. The van der Waals surface area contributed by atoms with Gasteiger partial charge in [0.05, 0.1) is 4.90 Å². The molecule has 0 spiro atoms. The van der Waals surface area contributed by atoms with E-state index in [2.05, 4.69) is 16.0 Å².